The molecule has 0 saturated heterocycles. The van der Waals surface area contributed by atoms with E-state index in [0.717, 1.165) is 12.1 Å². The van der Waals surface area contributed by atoms with E-state index in [2.05, 4.69) is 20.3 Å². The maximum absolute atomic E-state index is 12.5. The van der Waals surface area contributed by atoms with Gasteiger partial charge in [-0.25, -0.2) is 9.97 Å². The lowest BCUT2D eigenvalue weighted by molar-refractivity contribution is 0.102. The maximum atomic E-state index is 12.5. The molecule has 6 nitrogen and oxygen atoms in total. The van der Waals surface area contributed by atoms with Crippen molar-refractivity contribution in [3.8, 4) is 11.5 Å². The summed E-state index contributed by atoms with van der Waals surface area (Å²) in [6, 6.07) is 10.4. The second kappa shape index (κ2) is 7.93. The summed E-state index contributed by atoms with van der Waals surface area (Å²) in [7, 11) is 0. The zero-order chi connectivity index (χ0) is 18.5. The minimum absolute atomic E-state index is 0.235. The molecular weight excluding hydrogens is 352 g/mol. The molecule has 1 amide bonds. The fourth-order valence-electron chi connectivity index (χ4n) is 2.32. The van der Waals surface area contributed by atoms with Crippen molar-refractivity contribution in [1.82, 2.24) is 15.0 Å². The van der Waals surface area contributed by atoms with Crippen molar-refractivity contribution in [2.75, 3.05) is 5.32 Å². The van der Waals surface area contributed by atoms with Gasteiger partial charge in [0.2, 0.25) is 0 Å². The summed E-state index contributed by atoms with van der Waals surface area (Å²) >= 11 is 5.91. The first-order chi connectivity index (χ1) is 12.5. The van der Waals surface area contributed by atoms with Crippen LogP contribution in [-0.2, 0) is 6.42 Å². The molecule has 1 N–H and O–H groups in total. The lowest BCUT2D eigenvalue weighted by Crippen LogP contribution is -2.15. The summed E-state index contributed by atoms with van der Waals surface area (Å²) in [5, 5.41) is 3.22. The average molecular weight is 369 g/mol. The standard InChI is InChI=1S/C19H17ClN4O2/c1-3-14-5-4-6-18(23-14)24-19(25)17-9-15(7-12(2)22-17)26-16-8-13(20)10-21-11-16/h4-11H,3H2,1-2H3,(H,23,24,25). The summed E-state index contributed by atoms with van der Waals surface area (Å²) in [5.74, 6) is 1.08. The zero-order valence-corrected chi connectivity index (χ0v) is 15.1. The first kappa shape index (κ1) is 17.8. The fourth-order valence-corrected chi connectivity index (χ4v) is 2.49. The normalized spacial score (nSPS) is 10.4. The van der Waals surface area contributed by atoms with Crippen molar-refractivity contribution in [2.24, 2.45) is 0 Å². The van der Waals surface area contributed by atoms with Crippen molar-refractivity contribution in [3.05, 3.63) is 70.9 Å². The van der Waals surface area contributed by atoms with Gasteiger partial charge >= 0.3 is 0 Å². The zero-order valence-electron chi connectivity index (χ0n) is 14.4. The molecule has 0 unspecified atom stereocenters. The third-order valence-corrected chi connectivity index (χ3v) is 3.69. The Morgan fingerprint density at radius 1 is 1.15 bits per heavy atom. The number of pyridine rings is 3. The van der Waals surface area contributed by atoms with E-state index < -0.39 is 0 Å². The molecular formula is C19H17ClN4O2. The highest BCUT2D eigenvalue weighted by atomic mass is 35.5. The molecule has 0 atom stereocenters. The predicted octanol–water partition coefficient (Wildman–Crippen LogP) is 4.44. The van der Waals surface area contributed by atoms with E-state index in [1.165, 1.54) is 6.20 Å². The number of aryl methyl sites for hydroxylation is 2. The molecule has 0 aliphatic carbocycles. The highest BCUT2D eigenvalue weighted by molar-refractivity contribution is 6.30. The molecule has 0 aliphatic heterocycles. The molecule has 3 aromatic rings. The summed E-state index contributed by atoms with van der Waals surface area (Å²) in [6.45, 7) is 3.79. The summed E-state index contributed by atoms with van der Waals surface area (Å²) < 4.78 is 5.73. The van der Waals surface area contributed by atoms with Crippen molar-refractivity contribution in [2.45, 2.75) is 20.3 Å². The van der Waals surface area contributed by atoms with E-state index in [0.29, 0.717) is 28.0 Å². The van der Waals surface area contributed by atoms with E-state index in [4.69, 9.17) is 16.3 Å². The van der Waals surface area contributed by atoms with Crippen molar-refractivity contribution >= 4 is 23.3 Å². The number of halogens is 1. The summed E-state index contributed by atoms with van der Waals surface area (Å²) in [6.07, 6.45) is 3.85. The number of nitrogens with one attached hydrogen (secondary N) is 1. The topological polar surface area (TPSA) is 77.0 Å². The van der Waals surface area contributed by atoms with E-state index in [1.54, 1.807) is 37.4 Å². The Morgan fingerprint density at radius 3 is 2.77 bits per heavy atom. The lowest BCUT2D eigenvalue weighted by atomic mass is 10.2. The van der Waals surface area contributed by atoms with Crippen LogP contribution in [0.5, 0.6) is 11.5 Å². The number of hydrogen-bond acceptors (Lipinski definition) is 5. The minimum Gasteiger partial charge on any atom is -0.456 e. The van der Waals surface area contributed by atoms with E-state index in [1.807, 2.05) is 19.1 Å². The quantitative estimate of drug-likeness (QED) is 0.720. The van der Waals surface area contributed by atoms with Gasteiger partial charge in [-0.15, -0.1) is 0 Å². The number of ether oxygens (including phenoxy) is 1. The van der Waals surface area contributed by atoms with Crippen molar-refractivity contribution < 1.29 is 9.53 Å². The number of anilines is 1. The number of carbonyl (C=O) groups is 1. The highest BCUT2D eigenvalue weighted by Gasteiger charge is 2.12. The molecule has 0 radical (unpaired) electrons. The van der Waals surface area contributed by atoms with Gasteiger partial charge in [0, 0.05) is 35.8 Å². The molecule has 0 aromatic carbocycles. The Bertz CT molecular complexity index is 946. The number of rotatable bonds is 5. The smallest absolute Gasteiger partial charge is 0.275 e. The molecule has 0 bridgehead atoms. The predicted molar refractivity (Wildman–Crippen MR) is 99.9 cm³/mol. The van der Waals surface area contributed by atoms with Gasteiger partial charge in [0.1, 0.15) is 23.0 Å². The molecule has 3 rings (SSSR count). The van der Waals surface area contributed by atoms with Gasteiger partial charge in [-0.1, -0.05) is 24.6 Å². The molecule has 132 valence electrons. The van der Waals surface area contributed by atoms with Crippen LogP contribution in [0, 0.1) is 6.92 Å². The van der Waals surface area contributed by atoms with Crippen LogP contribution < -0.4 is 10.1 Å². The largest absolute Gasteiger partial charge is 0.456 e. The van der Waals surface area contributed by atoms with Gasteiger partial charge in [-0.2, -0.15) is 0 Å². The molecule has 26 heavy (non-hydrogen) atoms. The Labute approximate surface area is 156 Å². The van der Waals surface area contributed by atoms with E-state index in [-0.39, 0.29) is 11.6 Å². The lowest BCUT2D eigenvalue weighted by Gasteiger charge is -2.09. The van der Waals surface area contributed by atoms with Crippen LogP contribution in [0.1, 0.15) is 28.8 Å². The molecule has 3 heterocycles. The van der Waals surface area contributed by atoms with Crippen LogP contribution in [0.25, 0.3) is 0 Å². The van der Waals surface area contributed by atoms with E-state index in [9.17, 15) is 4.79 Å². The van der Waals surface area contributed by atoms with Crippen LogP contribution in [0.15, 0.2) is 48.8 Å². The molecule has 0 fully saturated rings. The van der Waals surface area contributed by atoms with Crippen LogP contribution in [0.2, 0.25) is 5.02 Å². The molecule has 0 saturated carbocycles. The molecule has 0 spiro atoms. The third-order valence-electron chi connectivity index (χ3n) is 3.49. The second-order valence-corrected chi connectivity index (χ2v) is 6.03. The number of hydrogen-bond donors (Lipinski definition) is 1. The second-order valence-electron chi connectivity index (χ2n) is 5.59. The van der Waals surface area contributed by atoms with Crippen molar-refractivity contribution in [3.63, 3.8) is 0 Å². The average Bonchev–Trinajstić information content (AvgIpc) is 2.61. The van der Waals surface area contributed by atoms with Gasteiger partial charge in [0.15, 0.2) is 0 Å². The Kier molecular flexibility index (Phi) is 5.43. The third kappa shape index (κ3) is 4.55. The highest BCUT2D eigenvalue weighted by Crippen LogP contribution is 2.24. The monoisotopic (exact) mass is 368 g/mol. The Hall–Kier alpha value is -2.99. The van der Waals surface area contributed by atoms with Crippen LogP contribution in [0.4, 0.5) is 5.82 Å². The van der Waals surface area contributed by atoms with E-state index >= 15 is 0 Å². The fraction of sp³-hybridized carbons (Fsp3) is 0.158. The SMILES string of the molecule is CCc1cccc(NC(=O)c2cc(Oc3cncc(Cl)c3)cc(C)n2)n1. The number of aromatic nitrogens is 3. The maximum Gasteiger partial charge on any atom is 0.275 e. The summed E-state index contributed by atoms with van der Waals surface area (Å²) in [4.78, 5) is 25.1. The van der Waals surface area contributed by atoms with Crippen molar-refractivity contribution in [1.29, 1.82) is 0 Å². The van der Waals surface area contributed by atoms with Crippen LogP contribution >= 0.6 is 11.6 Å². The van der Waals surface area contributed by atoms with Crippen LogP contribution in [-0.4, -0.2) is 20.9 Å². The number of carbonyl (C=O) groups excluding carboxylic acids is 1. The molecule has 7 heteroatoms. The van der Waals surface area contributed by atoms with Gasteiger partial charge in [0.05, 0.1) is 11.2 Å². The van der Waals surface area contributed by atoms with Gasteiger partial charge in [-0.3, -0.25) is 9.78 Å². The minimum atomic E-state index is -0.358. The molecule has 0 aliphatic rings. The Balaban J connectivity index is 1.81. The van der Waals surface area contributed by atoms with Gasteiger partial charge < -0.3 is 10.1 Å². The first-order valence-corrected chi connectivity index (χ1v) is 8.45. The van der Waals surface area contributed by atoms with Gasteiger partial charge in [-0.05, 0) is 25.5 Å². The molecule has 3 aromatic heterocycles. The van der Waals surface area contributed by atoms with Gasteiger partial charge in [0.25, 0.3) is 5.91 Å². The van der Waals surface area contributed by atoms with Crippen LogP contribution in [0.3, 0.4) is 0 Å². The first-order valence-electron chi connectivity index (χ1n) is 8.08. The number of amides is 1. The summed E-state index contributed by atoms with van der Waals surface area (Å²) in [5.41, 5.74) is 1.79. The Morgan fingerprint density at radius 2 is 2.00 bits per heavy atom. The number of nitrogens with zero attached hydrogens (tertiary/aromatic N) is 3.